The second-order valence-electron chi connectivity index (χ2n) is 3.76. The molecule has 1 aromatic rings. The lowest BCUT2D eigenvalue weighted by atomic mass is 10.2. The Morgan fingerprint density at radius 2 is 1.94 bits per heavy atom. The van der Waals surface area contributed by atoms with Crippen molar-refractivity contribution in [1.82, 2.24) is 10.6 Å². The maximum atomic E-state index is 11.4. The lowest BCUT2D eigenvalue weighted by Gasteiger charge is -2.05. The zero-order chi connectivity index (χ0) is 11.6. The standard InChI is InChI=1S/C13H20N2O/c1-2-9-14-10-8-13(16)15-11-12-6-4-3-5-7-12/h3-7,14H,2,8-11H2,1H3,(H,15,16). The van der Waals surface area contributed by atoms with Gasteiger partial charge in [0.15, 0.2) is 0 Å². The van der Waals surface area contributed by atoms with Crippen molar-refractivity contribution in [2.45, 2.75) is 26.3 Å². The van der Waals surface area contributed by atoms with Crippen molar-refractivity contribution in [2.24, 2.45) is 0 Å². The highest BCUT2D eigenvalue weighted by molar-refractivity contribution is 5.76. The Labute approximate surface area is 97.2 Å². The van der Waals surface area contributed by atoms with Gasteiger partial charge in [0.05, 0.1) is 0 Å². The molecular weight excluding hydrogens is 200 g/mol. The first-order valence-corrected chi connectivity index (χ1v) is 5.84. The first kappa shape index (κ1) is 12.7. The Bertz CT molecular complexity index is 298. The van der Waals surface area contributed by atoms with E-state index in [-0.39, 0.29) is 5.91 Å². The number of carbonyl (C=O) groups is 1. The number of rotatable bonds is 7. The second-order valence-corrected chi connectivity index (χ2v) is 3.76. The van der Waals surface area contributed by atoms with Crippen molar-refractivity contribution in [3.05, 3.63) is 35.9 Å². The van der Waals surface area contributed by atoms with Gasteiger partial charge in [0.25, 0.3) is 0 Å². The molecule has 1 rings (SSSR count). The molecule has 3 nitrogen and oxygen atoms in total. The highest BCUT2D eigenvalue weighted by Gasteiger charge is 1.99. The summed E-state index contributed by atoms with van der Waals surface area (Å²) in [5.74, 6) is 0.104. The molecule has 0 aliphatic rings. The number of hydrogen-bond acceptors (Lipinski definition) is 2. The average molecular weight is 220 g/mol. The van der Waals surface area contributed by atoms with Crippen LogP contribution in [0.5, 0.6) is 0 Å². The highest BCUT2D eigenvalue weighted by Crippen LogP contribution is 1.97. The number of benzene rings is 1. The number of amides is 1. The van der Waals surface area contributed by atoms with E-state index in [2.05, 4.69) is 17.6 Å². The lowest BCUT2D eigenvalue weighted by molar-refractivity contribution is -0.121. The van der Waals surface area contributed by atoms with Crippen LogP contribution < -0.4 is 10.6 Å². The van der Waals surface area contributed by atoms with Crippen LogP contribution in [0.2, 0.25) is 0 Å². The van der Waals surface area contributed by atoms with Crippen LogP contribution in [-0.2, 0) is 11.3 Å². The van der Waals surface area contributed by atoms with E-state index in [0.717, 1.165) is 25.1 Å². The predicted molar refractivity (Wildman–Crippen MR) is 66.1 cm³/mol. The number of carbonyl (C=O) groups excluding carboxylic acids is 1. The molecular formula is C13H20N2O. The molecule has 3 heteroatoms. The molecule has 0 heterocycles. The van der Waals surface area contributed by atoms with Gasteiger partial charge in [-0.1, -0.05) is 37.3 Å². The van der Waals surface area contributed by atoms with E-state index in [9.17, 15) is 4.79 Å². The molecule has 0 fully saturated rings. The van der Waals surface area contributed by atoms with Crippen LogP contribution in [-0.4, -0.2) is 19.0 Å². The first-order chi connectivity index (χ1) is 7.83. The van der Waals surface area contributed by atoms with Crippen LogP contribution in [0.15, 0.2) is 30.3 Å². The normalized spacial score (nSPS) is 10.1. The smallest absolute Gasteiger partial charge is 0.221 e. The molecule has 88 valence electrons. The number of hydrogen-bond donors (Lipinski definition) is 2. The fraction of sp³-hybridized carbons (Fsp3) is 0.462. The fourth-order valence-electron chi connectivity index (χ4n) is 1.39. The van der Waals surface area contributed by atoms with Gasteiger partial charge < -0.3 is 10.6 Å². The van der Waals surface area contributed by atoms with Crippen LogP contribution in [0, 0.1) is 0 Å². The molecule has 16 heavy (non-hydrogen) atoms. The predicted octanol–water partition coefficient (Wildman–Crippen LogP) is 1.69. The third kappa shape index (κ3) is 5.51. The van der Waals surface area contributed by atoms with Gasteiger partial charge in [-0.05, 0) is 18.5 Å². The van der Waals surface area contributed by atoms with Crippen molar-refractivity contribution < 1.29 is 4.79 Å². The third-order valence-electron chi connectivity index (χ3n) is 2.29. The topological polar surface area (TPSA) is 41.1 Å². The van der Waals surface area contributed by atoms with Gasteiger partial charge in [-0.3, -0.25) is 4.79 Å². The van der Waals surface area contributed by atoms with E-state index in [1.807, 2.05) is 30.3 Å². The van der Waals surface area contributed by atoms with Crippen molar-refractivity contribution >= 4 is 5.91 Å². The Morgan fingerprint density at radius 1 is 1.19 bits per heavy atom. The van der Waals surface area contributed by atoms with Crippen LogP contribution in [0.25, 0.3) is 0 Å². The molecule has 1 amide bonds. The molecule has 0 saturated carbocycles. The summed E-state index contributed by atoms with van der Waals surface area (Å²) in [5.41, 5.74) is 1.14. The summed E-state index contributed by atoms with van der Waals surface area (Å²) in [6, 6.07) is 9.94. The summed E-state index contributed by atoms with van der Waals surface area (Å²) in [7, 11) is 0. The first-order valence-electron chi connectivity index (χ1n) is 5.84. The maximum absolute atomic E-state index is 11.4. The minimum Gasteiger partial charge on any atom is -0.352 e. The molecule has 0 unspecified atom stereocenters. The summed E-state index contributed by atoms with van der Waals surface area (Å²) < 4.78 is 0. The van der Waals surface area contributed by atoms with E-state index in [1.54, 1.807) is 0 Å². The highest BCUT2D eigenvalue weighted by atomic mass is 16.1. The summed E-state index contributed by atoms with van der Waals surface area (Å²) in [4.78, 5) is 11.4. The van der Waals surface area contributed by atoms with Crippen molar-refractivity contribution in [3.63, 3.8) is 0 Å². The fourth-order valence-corrected chi connectivity index (χ4v) is 1.39. The molecule has 2 N–H and O–H groups in total. The van der Waals surface area contributed by atoms with E-state index >= 15 is 0 Å². The quantitative estimate of drug-likeness (QED) is 0.687. The van der Waals surface area contributed by atoms with Gasteiger partial charge in [-0.15, -0.1) is 0 Å². The van der Waals surface area contributed by atoms with Crippen LogP contribution in [0.1, 0.15) is 25.3 Å². The van der Waals surface area contributed by atoms with Crippen LogP contribution in [0.4, 0.5) is 0 Å². The zero-order valence-electron chi connectivity index (χ0n) is 9.83. The van der Waals surface area contributed by atoms with Gasteiger partial charge in [-0.2, -0.15) is 0 Å². The van der Waals surface area contributed by atoms with E-state index in [0.29, 0.717) is 13.0 Å². The Balaban J connectivity index is 2.11. The summed E-state index contributed by atoms with van der Waals surface area (Å²) in [6.07, 6.45) is 1.65. The molecule has 0 aliphatic heterocycles. The van der Waals surface area contributed by atoms with E-state index in [4.69, 9.17) is 0 Å². The molecule has 0 spiro atoms. The Hall–Kier alpha value is -1.35. The Kier molecular flexibility index (Phi) is 6.26. The second kappa shape index (κ2) is 7.88. The maximum Gasteiger partial charge on any atom is 0.221 e. The number of nitrogens with one attached hydrogen (secondary N) is 2. The van der Waals surface area contributed by atoms with Crippen molar-refractivity contribution in [3.8, 4) is 0 Å². The van der Waals surface area contributed by atoms with Crippen molar-refractivity contribution in [1.29, 1.82) is 0 Å². The van der Waals surface area contributed by atoms with Gasteiger partial charge in [0.2, 0.25) is 5.91 Å². The molecule has 0 bridgehead atoms. The molecule has 0 atom stereocenters. The van der Waals surface area contributed by atoms with Gasteiger partial charge in [0, 0.05) is 19.5 Å². The molecule has 0 aromatic heterocycles. The minimum absolute atomic E-state index is 0.104. The lowest BCUT2D eigenvalue weighted by Crippen LogP contribution is -2.27. The monoisotopic (exact) mass is 220 g/mol. The van der Waals surface area contributed by atoms with Gasteiger partial charge >= 0.3 is 0 Å². The third-order valence-corrected chi connectivity index (χ3v) is 2.29. The Morgan fingerprint density at radius 3 is 2.62 bits per heavy atom. The van der Waals surface area contributed by atoms with Gasteiger partial charge in [0.1, 0.15) is 0 Å². The van der Waals surface area contributed by atoms with Gasteiger partial charge in [-0.25, -0.2) is 0 Å². The largest absolute Gasteiger partial charge is 0.352 e. The van der Waals surface area contributed by atoms with Crippen LogP contribution >= 0.6 is 0 Å². The minimum atomic E-state index is 0.104. The zero-order valence-corrected chi connectivity index (χ0v) is 9.83. The molecule has 0 radical (unpaired) electrons. The summed E-state index contributed by atoms with van der Waals surface area (Å²) in [6.45, 7) is 4.47. The summed E-state index contributed by atoms with van der Waals surface area (Å²) >= 11 is 0. The average Bonchev–Trinajstić information content (AvgIpc) is 2.33. The molecule has 0 saturated heterocycles. The molecule has 0 aliphatic carbocycles. The van der Waals surface area contributed by atoms with Crippen LogP contribution in [0.3, 0.4) is 0 Å². The van der Waals surface area contributed by atoms with Crippen molar-refractivity contribution in [2.75, 3.05) is 13.1 Å². The SMILES string of the molecule is CCCNCCC(=O)NCc1ccccc1. The van der Waals surface area contributed by atoms with E-state index in [1.165, 1.54) is 0 Å². The van der Waals surface area contributed by atoms with E-state index < -0.39 is 0 Å². The molecule has 1 aromatic carbocycles. The summed E-state index contributed by atoms with van der Waals surface area (Å²) in [5, 5.41) is 6.10.